The van der Waals surface area contributed by atoms with E-state index >= 15 is 0 Å². The van der Waals surface area contributed by atoms with Crippen LogP contribution in [-0.4, -0.2) is 40.7 Å². The van der Waals surface area contributed by atoms with Gasteiger partial charge < -0.3 is 19.7 Å². The van der Waals surface area contributed by atoms with Crippen molar-refractivity contribution in [3.63, 3.8) is 0 Å². The van der Waals surface area contributed by atoms with Crippen molar-refractivity contribution >= 4 is 17.4 Å². The number of fused-ring (bicyclic) bond motifs is 1. The van der Waals surface area contributed by atoms with Gasteiger partial charge in [0.2, 0.25) is 0 Å². The van der Waals surface area contributed by atoms with Gasteiger partial charge in [-0.3, -0.25) is 9.69 Å². The molecule has 6 heteroatoms. The van der Waals surface area contributed by atoms with E-state index in [-0.39, 0.29) is 5.91 Å². The molecule has 0 radical (unpaired) electrons. The SMILES string of the molecule is CC(C)(O)c1ccc(N2COc3cc(C(=O)N4CCCC4)[nH]c32)cc1. The topological polar surface area (TPSA) is 68.8 Å². The van der Waals surface area contributed by atoms with Crippen molar-refractivity contribution in [2.24, 2.45) is 0 Å². The number of aromatic amines is 1. The number of likely N-dealkylation sites (tertiary alicyclic amines) is 1. The highest BCUT2D eigenvalue weighted by Gasteiger charge is 2.29. The Morgan fingerprint density at radius 1 is 1.20 bits per heavy atom. The van der Waals surface area contributed by atoms with Crippen molar-refractivity contribution < 1.29 is 14.6 Å². The van der Waals surface area contributed by atoms with Crippen LogP contribution in [0.15, 0.2) is 30.3 Å². The van der Waals surface area contributed by atoms with Gasteiger partial charge in [-0.2, -0.15) is 0 Å². The van der Waals surface area contributed by atoms with Crippen molar-refractivity contribution in [2.75, 3.05) is 24.7 Å². The van der Waals surface area contributed by atoms with E-state index in [4.69, 9.17) is 4.74 Å². The zero-order chi connectivity index (χ0) is 17.6. The fourth-order valence-electron chi connectivity index (χ4n) is 3.39. The second kappa shape index (κ2) is 5.81. The predicted molar refractivity (Wildman–Crippen MR) is 95.3 cm³/mol. The molecular weight excluding hydrogens is 318 g/mol. The van der Waals surface area contributed by atoms with Crippen LogP contribution in [0.25, 0.3) is 0 Å². The lowest BCUT2D eigenvalue weighted by atomic mass is 9.98. The van der Waals surface area contributed by atoms with E-state index in [9.17, 15) is 9.90 Å². The van der Waals surface area contributed by atoms with Gasteiger partial charge in [0.1, 0.15) is 5.69 Å². The summed E-state index contributed by atoms with van der Waals surface area (Å²) in [7, 11) is 0. The summed E-state index contributed by atoms with van der Waals surface area (Å²) in [5, 5.41) is 10.1. The van der Waals surface area contributed by atoms with Crippen LogP contribution in [0.3, 0.4) is 0 Å². The number of hydrogen-bond acceptors (Lipinski definition) is 4. The number of aromatic nitrogens is 1. The van der Waals surface area contributed by atoms with E-state index in [0.29, 0.717) is 18.2 Å². The van der Waals surface area contributed by atoms with Gasteiger partial charge >= 0.3 is 0 Å². The number of carbonyl (C=O) groups is 1. The maximum absolute atomic E-state index is 12.5. The van der Waals surface area contributed by atoms with Crippen molar-refractivity contribution in [2.45, 2.75) is 32.3 Å². The van der Waals surface area contributed by atoms with Crippen LogP contribution >= 0.6 is 0 Å². The summed E-state index contributed by atoms with van der Waals surface area (Å²) >= 11 is 0. The van der Waals surface area contributed by atoms with Gasteiger partial charge in [0, 0.05) is 24.8 Å². The van der Waals surface area contributed by atoms with Gasteiger partial charge in [-0.15, -0.1) is 0 Å². The number of carbonyl (C=O) groups excluding carboxylic acids is 1. The molecule has 1 saturated heterocycles. The highest BCUT2D eigenvalue weighted by atomic mass is 16.5. The number of rotatable bonds is 3. The summed E-state index contributed by atoms with van der Waals surface area (Å²) in [6.45, 7) is 5.58. The molecule has 2 aliphatic heterocycles. The lowest BCUT2D eigenvalue weighted by Crippen LogP contribution is -2.28. The number of H-pyrrole nitrogens is 1. The van der Waals surface area contributed by atoms with Gasteiger partial charge in [-0.05, 0) is 44.4 Å². The number of aliphatic hydroxyl groups is 1. The molecule has 0 saturated carbocycles. The van der Waals surface area contributed by atoms with Crippen molar-refractivity contribution in [3.8, 4) is 5.75 Å². The average Bonchev–Trinajstić information content (AvgIpc) is 3.30. The first kappa shape index (κ1) is 16.0. The Bertz CT molecular complexity index is 783. The van der Waals surface area contributed by atoms with Crippen molar-refractivity contribution in [1.29, 1.82) is 0 Å². The van der Waals surface area contributed by atoms with Crippen LogP contribution in [0, 0.1) is 0 Å². The Hall–Kier alpha value is -2.47. The molecule has 1 fully saturated rings. The zero-order valence-electron chi connectivity index (χ0n) is 14.6. The zero-order valence-corrected chi connectivity index (χ0v) is 14.6. The summed E-state index contributed by atoms with van der Waals surface area (Å²) in [6, 6.07) is 9.52. The molecule has 2 aromatic rings. The van der Waals surface area contributed by atoms with Crippen LogP contribution in [0.5, 0.6) is 5.75 Å². The third kappa shape index (κ3) is 2.87. The van der Waals surface area contributed by atoms with Crippen LogP contribution in [0.4, 0.5) is 11.5 Å². The summed E-state index contributed by atoms with van der Waals surface area (Å²) < 4.78 is 5.73. The number of hydrogen-bond donors (Lipinski definition) is 2. The van der Waals surface area contributed by atoms with Gasteiger partial charge in [0.25, 0.3) is 5.91 Å². The van der Waals surface area contributed by atoms with Gasteiger partial charge in [0.05, 0.1) is 5.60 Å². The number of amides is 1. The lowest BCUT2D eigenvalue weighted by Gasteiger charge is -2.21. The molecule has 3 heterocycles. The molecule has 0 atom stereocenters. The highest BCUT2D eigenvalue weighted by Crippen LogP contribution is 2.39. The number of benzene rings is 1. The number of anilines is 2. The Labute approximate surface area is 147 Å². The molecule has 2 aliphatic rings. The minimum Gasteiger partial charge on any atom is -0.469 e. The second-order valence-corrected chi connectivity index (χ2v) is 7.20. The molecular formula is C19H23N3O3. The van der Waals surface area contributed by atoms with Gasteiger partial charge in [-0.25, -0.2) is 0 Å². The number of ether oxygens (including phenoxy) is 1. The number of nitrogens with one attached hydrogen (secondary N) is 1. The Morgan fingerprint density at radius 2 is 1.88 bits per heavy atom. The van der Waals surface area contributed by atoms with Crippen molar-refractivity contribution in [3.05, 3.63) is 41.6 Å². The van der Waals surface area contributed by atoms with E-state index in [2.05, 4.69) is 4.98 Å². The van der Waals surface area contributed by atoms with E-state index in [1.807, 2.05) is 34.1 Å². The fraction of sp³-hybridized carbons (Fsp3) is 0.421. The number of nitrogens with zero attached hydrogens (tertiary/aromatic N) is 2. The van der Waals surface area contributed by atoms with E-state index < -0.39 is 5.60 Å². The standard InChI is InChI=1S/C19H23N3O3/c1-19(2,24)13-5-7-14(8-6-13)22-12-25-16-11-15(20-17(16)22)18(23)21-9-3-4-10-21/h5-8,11,20,24H,3-4,9-10,12H2,1-2H3. The van der Waals surface area contributed by atoms with Crippen molar-refractivity contribution in [1.82, 2.24) is 9.88 Å². The Morgan fingerprint density at radius 3 is 2.52 bits per heavy atom. The maximum Gasteiger partial charge on any atom is 0.270 e. The van der Waals surface area contributed by atoms with E-state index in [1.54, 1.807) is 19.9 Å². The molecule has 1 aromatic heterocycles. The molecule has 0 aliphatic carbocycles. The molecule has 1 amide bonds. The molecule has 2 N–H and O–H groups in total. The minimum absolute atomic E-state index is 0.0350. The molecule has 1 aromatic carbocycles. The third-order valence-corrected chi connectivity index (χ3v) is 4.89. The molecule has 0 bridgehead atoms. The summed E-state index contributed by atoms with van der Waals surface area (Å²) in [4.78, 5) is 19.6. The van der Waals surface area contributed by atoms with E-state index in [1.165, 1.54) is 0 Å². The summed E-state index contributed by atoms with van der Waals surface area (Å²) in [5.74, 6) is 1.54. The molecule has 0 spiro atoms. The summed E-state index contributed by atoms with van der Waals surface area (Å²) in [5.41, 5.74) is 1.51. The Kier molecular flexibility index (Phi) is 3.72. The van der Waals surface area contributed by atoms with E-state index in [0.717, 1.165) is 43.0 Å². The van der Waals surface area contributed by atoms with Crippen LogP contribution in [-0.2, 0) is 5.60 Å². The maximum atomic E-state index is 12.5. The normalized spacial score (nSPS) is 16.9. The lowest BCUT2D eigenvalue weighted by molar-refractivity contribution is 0.0780. The molecule has 0 unspecified atom stereocenters. The highest BCUT2D eigenvalue weighted by molar-refractivity contribution is 5.94. The van der Waals surface area contributed by atoms with Gasteiger partial charge in [0.15, 0.2) is 18.3 Å². The van der Waals surface area contributed by atoms with Gasteiger partial charge in [-0.1, -0.05) is 12.1 Å². The first-order valence-electron chi connectivity index (χ1n) is 8.69. The fourth-order valence-corrected chi connectivity index (χ4v) is 3.39. The monoisotopic (exact) mass is 341 g/mol. The minimum atomic E-state index is -0.868. The average molecular weight is 341 g/mol. The second-order valence-electron chi connectivity index (χ2n) is 7.20. The van der Waals surface area contributed by atoms with Crippen LogP contribution in [0.1, 0.15) is 42.7 Å². The van der Waals surface area contributed by atoms with Crippen LogP contribution < -0.4 is 9.64 Å². The molecule has 6 nitrogen and oxygen atoms in total. The van der Waals surface area contributed by atoms with Crippen LogP contribution in [0.2, 0.25) is 0 Å². The summed E-state index contributed by atoms with van der Waals surface area (Å²) in [6.07, 6.45) is 2.14. The molecule has 4 rings (SSSR count). The largest absolute Gasteiger partial charge is 0.469 e. The first-order valence-corrected chi connectivity index (χ1v) is 8.69. The first-order chi connectivity index (χ1) is 11.9. The molecule has 132 valence electrons. The molecule has 25 heavy (non-hydrogen) atoms. The third-order valence-electron chi connectivity index (χ3n) is 4.89. The smallest absolute Gasteiger partial charge is 0.270 e. The Balaban J connectivity index is 1.58. The predicted octanol–water partition coefficient (Wildman–Crippen LogP) is 2.97. The quantitative estimate of drug-likeness (QED) is 0.901.